The summed E-state index contributed by atoms with van der Waals surface area (Å²) in [5.74, 6) is -0.144. The molecule has 1 saturated carbocycles. The number of rotatable bonds is 2. The number of aromatic amines is 1. The summed E-state index contributed by atoms with van der Waals surface area (Å²) in [6, 6.07) is 1.67. The van der Waals surface area contributed by atoms with Gasteiger partial charge >= 0.3 is 0 Å². The molecule has 8 heteroatoms. The van der Waals surface area contributed by atoms with E-state index in [2.05, 4.69) is 27.1 Å². The SMILES string of the molecule is C1CCCC1.C=CC(=O)NC.Cn1cc(-c2cn3nccc3c(=O)[nH]2)cn1. The van der Waals surface area contributed by atoms with Crippen molar-refractivity contribution in [3.63, 3.8) is 0 Å². The molecule has 3 aromatic rings. The van der Waals surface area contributed by atoms with E-state index in [0.717, 1.165) is 5.56 Å². The van der Waals surface area contributed by atoms with Crippen molar-refractivity contribution in [2.75, 3.05) is 7.05 Å². The number of H-pyrrole nitrogens is 1. The summed E-state index contributed by atoms with van der Waals surface area (Å²) in [6.45, 7) is 3.22. The van der Waals surface area contributed by atoms with Gasteiger partial charge < -0.3 is 10.3 Å². The Morgan fingerprint density at radius 3 is 2.37 bits per heavy atom. The Balaban J connectivity index is 0.000000196. The van der Waals surface area contributed by atoms with Crippen LogP contribution in [0.15, 0.2) is 48.3 Å². The van der Waals surface area contributed by atoms with Crippen LogP contribution < -0.4 is 10.9 Å². The van der Waals surface area contributed by atoms with Gasteiger partial charge in [0, 0.05) is 25.9 Å². The van der Waals surface area contributed by atoms with Crippen LogP contribution in [0.2, 0.25) is 0 Å². The predicted molar refractivity (Wildman–Crippen MR) is 105 cm³/mol. The topological polar surface area (TPSA) is 97.1 Å². The van der Waals surface area contributed by atoms with Crippen molar-refractivity contribution in [2.24, 2.45) is 7.05 Å². The molecule has 27 heavy (non-hydrogen) atoms. The number of aromatic nitrogens is 5. The zero-order chi connectivity index (χ0) is 19.6. The standard InChI is InChI=1S/C10H9N5O.C5H10.C4H7NO/c1-14-5-7(4-12-14)8-6-15-9(2-3-11-15)10(16)13-8;1-2-4-5-3-1;1-3-4(6)5-2/h2-6H,1H3,(H,13,16);1-5H2;3H,1H2,2H3,(H,5,6). The monoisotopic (exact) mass is 370 g/mol. The van der Waals surface area contributed by atoms with E-state index < -0.39 is 0 Å². The molecule has 0 unspecified atom stereocenters. The zero-order valence-electron chi connectivity index (χ0n) is 15.8. The van der Waals surface area contributed by atoms with Gasteiger partial charge in [-0.3, -0.25) is 14.3 Å². The van der Waals surface area contributed by atoms with Crippen LogP contribution >= 0.6 is 0 Å². The minimum absolute atomic E-state index is 0.144. The van der Waals surface area contributed by atoms with Crippen molar-refractivity contribution < 1.29 is 4.79 Å². The van der Waals surface area contributed by atoms with Crippen LogP contribution in [0.1, 0.15) is 32.1 Å². The summed E-state index contributed by atoms with van der Waals surface area (Å²) >= 11 is 0. The molecule has 3 aromatic heterocycles. The number of aryl methyl sites for hydroxylation is 1. The molecule has 1 aliphatic rings. The average Bonchev–Trinajstić information content (AvgIpc) is 3.43. The molecule has 3 heterocycles. The molecule has 0 bridgehead atoms. The number of nitrogens with one attached hydrogen (secondary N) is 2. The average molecular weight is 370 g/mol. The lowest BCUT2D eigenvalue weighted by Gasteiger charge is -1.98. The van der Waals surface area contributed by atoms with Crippen LogP contribution in [0.25, 0.3) is 16.8 Å². The van der Waals surface area contributed by atoms with Gasteiger partial charge in [-0.2, -0.15) is 10.2 Å². The van der Waals surface area contributed by atoms with Gasteiger partial charge in [-0.15, -0.1) is 0 Å². The van der Waals surface area contributed by atoms with Gasteiger partial charge in [0.15, 0.2) is 0 Å². The summed E-state index contributed by atoms with van der Waals surface area (Å²) in [6.07, 6.45) is 15.6. The van der Waals surface area contributed by atoms with Crippen molar-refractivity contribution in [2.45, 2.75) is 32.1 Å². The smallest absolute Gasteiger partial charge is 0.274 e. The van der Waals surface area contributed by atoms with Gasteiger partial charge in [-0.05, 0) is 12.1 Å². The number of carbonyl (C=O) groups excluding carboxylic acids is 1. The molecule has 1 amide bonds. The Hall–Kier alpha value is -3.16. The third-order valence-corrected chi connectivity index (χ3v) is 4.10. The number of carbonyl (C=O) groups is 1. The molecule has 0 radical (unpaired) electrons. The molecular formula is C19H26N6O2. The minimum atomic E-state index is -0.154. The molecule has 0 aromatic carbocycles. The molecule has 2 N–H and O–H groups in total. The first-order valence-electron chi connectivity index (χ1n) is 8.95. The fourth-order valence-corrected chi connectivity index (χ4v) is 2.63. The van der Waals surface area contributed by atoms with Crippen LogP contribution in [0.4, 0.5) is 0 Å². The van der Waals surface area contributed by atoms with Crippen LogP contribution in [0.3, 0.4) is 0 Å². The van der Waals surface area contributed by atoms with E-state index in [4.69, 9.17) is 0 Å². The summed E-state index contributed by atoms with van der Waals surface area (Å²) in [4.78, 5) is 24.4. The highest BCUT2D eigenvalue weighted by molar-refractivity contribution is 5.86. The Morgan fingerprint density at radius 1 is 1.22 bits per heavy atom. The lowest BCUT2D eigenvalue weighted by Crippen LogP contribution is -2.13. The Labute approximate surface area is 157 Å². The number of nitrogens with zero attached hydrogens (tertiary/aromatic N) is 4. The quantitative estimate of drug-likeness (QED) is 0.676. The third kappa shape index (κ3) is 5.95. The summed E-state index contributed by atoms with van der Waals surface area (Å²) in [7, 11) is 3.39. The zero-order valence-corrected chi connectivity index (χ0v) is 15.8. The van der Waals surface area contributed by atoms with E-state index in [9.17, 15) is 9.59 Å². The Kier molecular flexibility index (Phi) is 7.54. The van der Waals surface area contributed by atoms with Crippen LogP contribution in [-0.4, -0.2) is 37.3 Å². The number of amides is 1. The number of likely N-dealkylation sites (N-methyl/N-ethyl adjacent to an activating group) is 1. The van der Waals surface area contributed by atoms with Crippen molar-refractivity contribution in [3.8, 4) is 11.3 Å². The van der Waals surface area contributed by atoms with Crippen LogP contribution in [-0.2, 0) is 11.8 Å². The van der Waals surface area contributed by atoms with Crippen LogP contribution in [0.5, 0.6) is 0 Å². The Morgan fingerprint density at radius 2 is 1.89 bits per heavy atom. The maximum Gasteiger partial charge on any atom is 0.274 e. The lowest BCUT2D eigenvalue weighted by molar-refractivity contribution is -0.116. The van der Waals surface area contributed by atoms with Gasteiger partial charge in [-0.1, -0.05) is 38.7 Å². The fraction of sp³-hybridized carbons (Fsp3) is 0.368. The first-order chi connectivity index (χ1) is 13.0. The molecule has 0 atom stereocenters. The van der Waals surface area contributed by atoms with Gasteiger partial charge in [0.1, 0.15) is 5.52 Å². The molecule has 1 aliphatic carbocycles. The number of hydrogen-bond donors (Lipinski definition) is 2. The lowest BCUT2D eigenvalue weighted by atomic mass is 10.3. The molecule has 0 aliphatic heterocycles. The second kappa shape index (κ2) is 10.1. The van der Waals surface area contributed by atoms with Crippen molar-refractivity contribution in [1.82, 2.24) is 29.7 Å². The van der Waals surface area contributed by atoms with Crippen molar-refractivity contribution >= 4 is 11.4 Å². The Bertz CT molecular complexity index is 925. The maximum absolute atomic E-state index is 11.7. The molecule has 4 rings (SSSR count). The number of hydrogen-bond acceptors (Lipinski definition) is 4. The second-order valence-corrected chi connectivity index (χ2v) is 6.15. The maximum atomic E-state index is 11.7. The highest BCUT2D eigenvalue weighted by atomic mass is 16.1. The molecule has 144 valence electrons. The van der Waals surface area contributed by atoms with Gasteiger partial charge in [0.05, 0.1) is 24.3 Å². The van der Waals surface area contributed by atoms with E-state index in [1.165, 1.54) is 38.2 Å². The summed E-state index contributed by atoms with van der Waals surface area (Å²) < 4.78 is 3.24. The first kappa shape index (κ1) is 20.2. The third-order valence-electron chi connectivity index (χ3n) is 4.10. The van der Waals surface area contributed by atoms with Crippen LogP contribution in [0, 0.1) is 0 Å². The van der Waals surface area contributed by atoms with Gasteiger partial charge in [-0.25, -0.2) is 4.52 Å². The summed E-state index contributed by atoms with van der Waals surface area (Å²) in [5, 5.41) is 10.5. The molecule has 0 spiro atoms. The predicted octanol–water partition coefficient (Wildman–Crippen LogP) is 2.29. The van der Waals surface area contributed by atoms with E-state index >= 15 is 0 Å². The normalized spacial score (nSPS) is 12.5. The highest BCUT2D eigenvalue weighted by Gasteiger charge is 2.05. The van der Waals surface area contributed by atoms with E-state index in [0.29, 0.717) is 11.2 Å². The second-order valence-electron chi connectivity index (χ2n) is 6.15. The number of fused-ring (bicyclic) bond motifs is 1. The van der Waals surface area contributed by atoms with E-state index in [-0.39, 0.29) is 11.5 Å². The molecule has 0 saturated heterocycles. The molecule has 8 nitrogen and oxygen atoms in total. The van der Waals surface area contributed by atoms with Crippen molar-refractivity contribution in [3.05, 3.63) is 53.9 Å². The molecular weight excluding hydrogens is 344 g/mol. The largest absolute Gasteiger partial charge is 0.356 e. The van der Waals surface area contributed by atoms with E-state index in [1.54, 1.807) is 40.9 Å². The first-order valence-corrected chi connectivity index (χ1v) is 8.95. The molecule has 1 fully saturated rings. The fourth-order valence-electron chi connectivity index (χ4n) is 2.63. The highest BCUT2D eigenvalue weighted by Crippen LogP contribution is 2.15. The van der Waals surface area contributed by atoms with Gasteiger partial charge in [0.25, 0.3) is 5.56 Å². The minimum Gasteiger partial charge on any atom is -0.356 e. The van der Waals surface area contributed by atoms with Gasteiger partial charge in [0.2, 0.25) is 5.91 Å². The van der Waals surface area contributed by atoms with Crippen molar-refractivity contribution in [1.29, 1.82) is 0 Å². The van der Waals surface area contributed by atoms with E-state index in [1.807, 2.05) is 13.2 Å². The summed E-state index contributed by atoms with van der Waals surface area (Å²) in [5.41, 5.74) is 1.94.